The molecule has 0 bridgehead atoms. The smallest absolute Gasteiger partial charge is 0.157 e. The Balaban J connectivity index is 1.77. The van der Waals surface area contributed by atoms with Crippen molar-refractivity contribution < 1.29 is 19.0 Å². The van der Waals surface area contributed by atoms with Crippen molar-refractivity contribution in [2.75, 3.05) is 6.61 Å². The highest BCUT2D eigenvalue weighted by molar-refractivity contribution is 5.83. The molecule has 126 valence electrons. The summed E-state index contributed by atoms with van der Waals surface area (Å²) in [4.78, 5) is 11.1. The van der Waals surface area contributed by atoms with E-state index in [9.17, 15) is 14.3 Å². The number of carbonyl (C=O) groups excluding carboxylic acids is 1. The molecule has 0 amide bonds. The van der Waals surface area contributed by atoms with Crippen molar-refractivity contribution in [3.05, 3.63) is 59.4 Å². The summed E-state index contributed by atoms with van der Waals surface area (Å²) in [5.74, 6) is 0.439. The number of halogens is 1. The molecule has 2 aromatic carbocycles. The van der Waals surface area contributed by atoms with E-state index in [4.69, 9.17) is 4.74 Å². The second-order valence-electron chi connectivity index (χ2n) is 6.29. The lowest BCUT2D eigenvalue weighted by atomic mass is 9.75. The van der Waals surface area contributed by atoms with Crippen molar-refractivity contribution in [2.24, 2.45) is 5.92 Å². The Hall–Kier alpha value is -2.36. The molecule has 0 radical (unpaired) electrons. The van der Waals surface area contributed by atoms with Crippen LogP contribution in [0, 0.1) is 11.7 Å². The molecule has 0 aromatic heterocycles. The van der Waals surface area contributed by atoms with Gasteiger partial charge in [0.25, 0.3) is 0 Å². The van der Waals surface area contributed by atoms with Crippen LogP contribution in [0.15, 0.2) is 42.5 Å². The Kier molecular flexibility index (Phi) is 5.14. The molecule has 1 aliphatic carbocycles. The van der Waals surface area contributed by atoms with Gasteiger partial charge in [-0.15, -0.1) is 0 Å². The number of aromatic hydroxyl groups is 1. The zero-order valence-electron chi connectivity index (χ0n) is 13.5. The average Bonchev–Trinajstić information content (AvgIpc) is 2.61. The first-order chi connectivity index (χ1) is 11.7. The van der Waals surface area contributed by atoms with Crippen molar-refractivity contribution in [1.29, 1.82) is 0 Å². The Morgan fingerprint density at radius 1 is 1.12 bits per heavy atom. The molecular weight excluding hydrogens is 307 g/mol. The summed E-state index contributed by atoms with van der Waals surface area (Å²) in [6, 6.07) is 11.7. The predicted octanol–water partition coefficient (Wildman–Crippen LogP) is 4.70. The van der Waals surface area contributed by atoms with Crippen LogP contribution in [-0.4, -0.2) is 18.0 Å². The van der Waals surface area contributed by atoms with Crippen LogP contribution in [0.5, 0.6) is 11.5 Å². The summed E-state index contributed by atoms with van der Waals surface area (Å²) in [6.07, 6.45) is 4.68. The number of carbonyl (C=O) groups is 1. The van der Waals surface area contributed by atoms with Gasteiger partial charge in [-0.2, -0.15) is 0 Å². The third-order valence-electron chi connectivity index (χ3n) is 4.83. The highest BCUT2D eigenvalue weighted by atomic mass is 19.1. The van der Waals surface area contributed by atoms with Crippen LogP contribution < -0.4 is 4.74 Å². The zero-order valence-corrected chi connectivity index (χ0v) is 13.5. The summed E-state index contributed by atoms with van der Waals surface area (Å²) >= 11 is 0. The summed E-state index contributed by atoms with van der Waals surface area (Å²) in [5.41, 5.74) is 0.910. The molecule has 3 nitrogen and oxygen atoms in total. The number of benzene rings is 2. The largest absolute Gasteiger partial charge is 0.507 e. The van der Waals surface area contributed by atoms with Crippen molar-refractivity contribution in [3.63, 3.8) is 0 Å². The molecule has 0 heterocycles. The molecule has 1 aliphatic rings. The lowest BCUT2D eigenvalue weighted by Gasteiger charge is -2.32. The van der Waals surface area contributed by atoms with E-state index in [-0.39, 0.29) is 29.0 Å². The van der Waals surface area contributed by atoms with E-state index in [0.29, 0.717) is 18.6 Å². The minimum absolute atomic E-state index is 0.0863. The average molecular weight is 328 g/mol. The van der Waals surface area contributed by atoms with Gasteiger partial charge in [0, 0.05) is 0 Å². The van der Waals surface area contributed by atoms with Crippen LogP contribution in [-0.2, 0) is 0 Å². The van der Waals surface area contributed by atoms with Gasteiger partial charge in [0.05, 0.1) is 12.2 Å². The molecule has 3 rings (SSSR count). The molecule has 2 unspecified atom stereocenters. The van der Waals surface area contributed by atoms with Gasteiger partial charge in [0.2, 0.25) is 0 Å². The summed E-state index contributed by atoms with van der Waals surface area (Å²) < 4.78 is 20.0. The highest BCUT2D eigenvalue weighted by Crippen LogP contribution is 2.39. The van der Waals surface area contributed by atoms with Crippen molar-refractivity contribution in [2.45, 2.75) is 31.6 Å². The highest BCUT2D eigenvalue weighted by Gasteiger charge is 2.29. The Morgan fingerprint density at radius 2 is 1.92 bits per heavy atom. The first kappa shape index (κ1) is 16.5. The lowest BCUT2D eigenvalue weighted by Crippen LogP contribution is -2.24. The van der Waals surface area contributed by atoms with Crippen LogP contribution >= 0.6 is 0 Å². The molecule has 1 fully saturated rings. The fraction of sp³-hybridized carbons (Fsp3) is 0.350. The van der Waals surface area contributed by atoms with Crippen LogP contribution in [0.25, 0.3) is 0 Å². The quantitative estimate of drug-likeness (QED) is 0.810. The lowest BCUT2D eigenvalue weighted by molar-refractivity contribution is 0.111. The molecular formula is C20H21FO3. The molecule has 2 aromatic rings. The van der Waals surface area contributed by atoms with Crippen LogP contribution in [0.3, 0.4) is 0 Å². The van der Waals surface area contributed by atoms with Crippen LogP contribution in [0.2, 0.25) is 0 Å². The maximum atomic E-state index is 14.2. The molecule has 0 aliphatic heterocycles. The minimum atomic E-state index is -0.166. The topological polar surface area (TPSA) is 46.5 Å². The van der Waals surface area contributed by atoms with Crippen LogP contribution in [0.1, 0.15) is 47.5 Å². The van der Waals surface area contributed by atoms with Gasteiger partial charge < -0.3 is 9.84 Å². The van der Waals surface area contributed by atoms with E-state index in [1.807, 2.05) is 12.1 Å². The number of aldehydes is 1. The van der Waals surface area contributed by atoms with E-state index in [1.165, 1.54) is 12.1 Å². The molecule has 0 saturated heterocycles. The van der Waals surface area contributed by atoms with Crippen molar-refractivity contribution in [3.8, 4) is 11.5 Å². The second-order valence-corrected chi connectivity index (χ2v) is 6.29. The molecule has 24 heavy (non-hydrogen) atoms. The third kappa shape index (κ3) is 3.42. The Bertz CT molecular complexity index is 714. The van der Waals surface area contributed by atoms with Gasteiger partial charge in [-0.05, 0) is 48.4 Å². The first-order valence-corrected chi connectivity index (χ1v) is 8.35. The molecule has 0 spiro atoms. The number of hydrogen-bond donors (Lipinski definition) is 1. The van der Waals surface area contributed by atoms with E-state index in [1.54, 1.807) is 18.2 Å². The van der Waals surface area contributed by atoms with E-state index < -0.39 is 0 Å². The van der Waals surface area contributed by atoms with E-state index in [2.05, 4.69) is 0 Å². The first-order valence-electron chi connectivity index (χ1n) is 8.35. The summed E-state index contributed by atoms with van der Waals surface area (Å²) in [5, 5.41) is 9.73. The third-order valence-corrected chi connectivity index (χ3v) is 4.83. The minimum Gasteiger partial charge on any atom is -0.507 e. The zero-order chi connectivity index (χ0) is 16.9. The number of phenolic OH excluding ortho intramolecular Hbond substituents is 1. The Labute approximate surface area is 141 Å². The normalized spacial score (nSPS) is 20.5. The van der Waals surface area contributed by atoms with Crippen LogP contribution in [0.4, 0.5) is 4.39 Å². The fourth-order valence-corrected chi connectivity index (χ4v) is 3.57. The van der Waals surface area contributed by atoms with Crippen molar-refractivity contribution >= 4 is 6.29 Å². The Morgan fingerprint density at radius 3 is 2.71 bits per heavy atom. The summed E-state index contributed by atoms with van der Waals surface area (Å²) in [7, 11) is 0. The van der Waals surface area contributed by atoms with Gasteiger partial charge >= 0.3 is 0 Å². The maximum absolute atomic E-state index is 14.2. The van der Waals surface area contributed by atoms with Gasteiger partial charge in [-0.25, -0.2) is 4.39 Å². The van der Waals surface area contributed by atoms with E-state index in [0.717, 1.165) is 31.2 Å². The maximum Gasteiger partial charge on any atom is 0.157 e. The molecule has 1 N–H and O–H groups in total. The number of ether oxygens (including phenoxy) is 1. The van der Waals surface area contributed by atoms with Gasteiger partial charge in [0.1, 0.15) is 17.3 Å². The van der Waals surface area contributed by atoms with Crippen molar-refractivity contribution in [1.82, 2.24) is 0 Å². The molecule has 4 heteroatoms. The number of hydrogen-bond acceptors (Lipinski definition) is 3. The van der Waals surface area contributed by atoms with E-state index >= 15 is 0 Å². The standard InChI is InChI=1S/C20H21FO3/c21-18-9-4-3-8-16(18)15-7-2-1-6-14(15)13-24-20-11-5-10-19(23)17(20)12-22/h3-5,8-12,14-15,23H,1-2,6-7,13H2. The summed E-state index contributed by atoms with van der Waals surface area (Å²) in [6.45, 7) is 0.406. The van der Waals surface area contributed by atoms with Gasteiger partial charge in [-0.3, -0.25) is 4.79 Å². The predicted molar refractivity (Wildman–Crippen MR) is 90.1 cm³/mol. The second kappa shape index (κ2) is 7.47. The fourth-order valence-electron chi connectivity index (χ4n) is 3.57. The monoisotopic (exact) mass is 328 g/mol. The van der Waals surface area contributed by atoms with Gasteiger partial charge in [-0.1, -0.05) is 37.1 Å². The SMILES string of the molecule is O=Cc1c(O)cccc1OCC1CCCCC1c1ccccc1F. The number of rotatable bonds is 5. The molecule has 1 saturated carbocycles. The van der Waals surface area contributed by atoms with Gasteiger partial charge in [0.15, 0.2) is 6.29 Å². The number of phenols is 1. The molecule has 2 atom stereocenters.